The minimum atomic E-state index is -3.67. The summed E-state index contributed by atoms with van der Waals surface area (Å²) in [5, 5.41) is 3.24. The van der Waals surface area contributed by atoms with Crippen molar-refractivity contribution in [3.8, 4) is 5.75 Å². The van der Waals surface area contributed by atoms with Gasteiger partial charge < -0.3 is 10.1 Å². The molecule has 1 aromatic heterocycles. The van der Waals surface area contributed by atoms with Gasteiger partial charge in [-0.05, 0) is 50.2 Å². The Labute approximate surface area is 172 Å². The van der Waals surface area contributed by atoms with Crippen LogP contribution in [0.1, 0.15) is 13.8 Å². The smallest absolute Gasteiger partial charge is 0.264 e. The van der Waals surface area contributed by atoms with Crippen LogP contribution in [0.25, 0.3) is 0 Å². The number of nitrogens with one attached hydrogen (secondary N) is 1. The van der Waals surface area contributed by atoms with Gasteiger partial charge in [0.25, 0.3) is 10.0 Å². The molecule has 0 unspecified atom stereocenters. The normalized spacial score (nSPS) is 11.3. The summed E-state index contributed by atoms with van der Waals surface area (Å²) in [5.41, 5.74) is 1.54. The van der Waals surface area contributed by atoms with Gasteiger partial charge in [-0.1, -0.05) is 24.3 Å². The molecule has 3 rings (SSSR count). The standard InChI is InChI=1S/C22H25N3O3S/c1-18(2)25(29(26,27)22-9-4-3-5-10-22)20-7-6-8-21(17-20)28-16-15-24-19-11-13-23-14-12-19/h3-14,17-18H,15-16H2,1-2H3,(H,23,24). The van der Waals surface area contributed by atoms with Gasteiger partial charge in [0.15, 0.2) is 0 Å². The highest BCUT2D eigenvalue weighted by atomic mass is 32.2. The Morgan fingerprint density at radius 3 is 2.41 bits per heavy atom. The molecule has 1 N–H and O–H groups in total. The molecule has 2 aromatic carbocycles. The molecule has 0 saturated carbocycles. The molecule has 29 heavy (non-hydrogen) atoms. The van der Waals surface area contributed by atoms with E-state index in [0.29, 0.717) is 24.6 Å². The first kappa shape index (κ1) is 20.7. The number of hydrogen-bond acceptors (Lipinski definition) is 5. The number of anilines is 2. The molecule has 0 aliphatic carbocycles. The van der Waals surface area contributed by atoms with E-state index < -0.39 is 10.0 Å². The van der Waals surface area contributed by atoms with Crippen LogP contribution in [0.5, 0.6) is 5.75 Å². The minimum absolute atomic E-state index is 0.246. The van der Waals surface area contributed by atoms with Gasteiger partial charge in [0.05, 0.1) is 10.6 Å². The molecule has 1 heterocycles. The second kappa shape index (κ2) is 9.43. The van der Waals surface area contributed by atoms with Crippen molar-refractivity contribution in [1.82, 2.24) is 4.98 Å². The number of ether oxygens (including phenoxy) is 1. The van der Waals surface area contributed by atoms with E-state index in [0.717, 1.165) is 5.69 Å². The monoisotopic (exact) mass is 411 g/mol. The molecule has 0 aliphatic rings. The van der Waals surface area contributed by atoms with Gasteiger partial charge >= 0.3 is 0 Å². The van der Waals surface area contributed by atoms with E-state index in [4.69, 9.17) is 4.74 Å². The van der Waals surface area contributed by atoms with Gasteiger partial charge in [0.1, 0.15) is 12.4 Å². The van der Waals surface area contributed by atoms with Crippen molar-refractivity contribution in [2.24, 2.45) is 0 Å². The summed E-state index contributed by atoms with van der Waals surface area (Å²) in [6, 6.07) is 19.1. The van der Waals surface area contributed by atoms with E-state index in [2.05, 4.69) is 10.3 Å². The van der Waals surface area contributed by atoms with E-state index >= 15 is 0 Å². The first-order valence-corrected chi connectivity index (χ1v) is 10.9. The van der Waals surface area contributed by atoms with Crippen LogP contribution in [-0.4, -0.2) is 32.6 Å². The average Bonchev–Trinajstić information content (AvgIpc) is 2.73. The van der Waals surface area contributed by atoms with Crippen molar-refractivity contribution in [3.63, 3.8) is 0 Å². The second-order valence-electron chi connectivity index (χ2n) is 6.72. The molecule has 7 heteroatoms. The first-order valence-electron chi connectivity index (χ1n) is 9.45. The fourth-order valence-corrected chi connectivity index (χ4v) is 4.64. The van der Waals surface area contributed by atoms with Crippen LogP contribution < -0.4 is 14.4 Å². The first-order chi connectivity index (χ1) is 14.0. The highest BCUT2D eigenvalue weighted by Crippen LogP contribution is 2.29. The van der Waals surface area contributed by atoms with Crippen molar-refractivity contribution in [1.29, 1.82) is 0 Å². The third-order valence-corrected chi connectivity index (χ3v) is 6.24. The summed E-state index contributed by atoms with van der Waals surface area (Å²) in [6.07, 6.45) is 3.45. The number of rotatable bonds is 9. The molecule has 0 bridgehead atoms. The van der Waals surface area contributed by atoms with Crippen LogP contribution in [-0.2, 0) is 10.0 Å². The predicted molar refractivity (Wildman–Crippen MR) is 116 cm³/mol. The van der Waals surface area contributed by atoms with Crippen LogP contribution in [0.3, 0.4) is 0 Å². The highest BCUT2D eigenvalue weighted by Gasteiger charge is 2.27. The van der Waals surface area contributed by atoms with Gasteiger partial charge in [0, 0.05) is 36.7 Å². The summed E-state index contributed by atoms with van der Waals surface area (Å²) < 4.78 is 33.6. The van der Waals surface area contributed by atoms with Crippen molar-refractivity contribution in [2.45, 2.75) is 24.8 Å². The predicted octanol–water partition coefficient (Wildman–Crippen LogP) is 4.18. The number of benzene rings is 2. The molecular weight excluding hydrogens is 386 g/mol. The molecular formula is C22H25N3O3S. The number of sulfonamides is 1. The Morgan fingerprint density at radius 2 is 1.72 bits per heavy atom. The fourth-order valence-electron chi connectivity index (χ4n) is 2.96. The highest BCUT2D eigenvalue weighted by molar-refractivity contribution is 7.92. The average molecular weight is 412 g/mol. The summed E-state index contributed by atoms with van der Waals surface area (Å²) in [6.45, 7) is 4.77. The van der Waals surface area contributed by atoms with Crippen molar-refractivity contribution < 1.29 is 13.2 Å². The maximum Gasteiger partial charge on any atom is 0.264 e. The fraction of sp³-hybridized carbons (Fsp3) is 0.227. The number of nitrogens with zero attached hydrogens (tertiary/aromatic N) is 2. The molecule has 0 fully saturated rings. The largest absolute Gasteiger partial charge is 0.492 e. The van der Waals surface area contributed by atoms with Crippen LogP contribution in [0.4, 0.5) is 11.4 Å². The zero-order chi connectivity index (χ0) is 20.7. The van der Waals surface area contributed by atoms with Gasteiger partial charge in [0.2, 0.25) is 0 Å². The number of aromatic nitrogens is 1. The van der Waals surface area contributed by atoms with Gasteiger partial charge in [-0.2, -0.15) is 0 Å². The van der Waals surface area contributed by atoms with Gasteiger partial charge in [-0.3, -0.25) is 9.29 Å². The van der Waals surface area contributed by atoms with E-state index in [1.807, 2.05) is 32.0 Å². The molecule has 0 amide bonds. The minimum Gasteiger partial charge on any atom is -0.492 e. The number of hydrogen-bond donors (Lipinski definition) is 1. The second-order valence-corrected chi connectivity index (χ2v) is 8.53. The molecule has 0 radical (unpaired) electrons. The summed E-state index contributed by atoms with van der Waals surface area (Å²) in [7, 11) is -3.67. The zero-order valence-corrected chi connectivity index (χ0v) is 17.3. The lowest BCUT2D eigenvalue weighted by molar-refractivity contribution is 0.333. The lowest BCUT2D eigenvalue weighted by atomic mass is 10.2. The van der Waals surface area contributed by atoms with E-state index in [-0.39, 0.29) is 10.9 Å². The Hall–Kier alpha value is -3.06. The van der Waals surface area contributed by atoms with Gasteiger partial charge in [-0.25, -0.2) is 8.42 Å². The van der Waals surface area contributed by atoms with Crippen molar-refractivity contribution in [3.05, 3.63) is 79.1 Å². The lowest BCUT2D eigenvalue weighted by Gasteiger charge is -2.28. The third kappa shape index (κ3) is 5.26. The van der Waals surface area contributed by atoms with Crippen LogP contribution in [0, 0.1) is 0 Å². The lowest BCUT2D eigenvalue weighted by Crippen LogP contribution is -2.37. The topological polar surface area (TPSA) is 71.5 Å². The SMILES string of the molecule is CC(C)N(c1cccc(OCCNc2ccncc2)c1)S(=O)(=O)c1ccccc1. The molecule has 152 valence electrons. The molecule has 0 saturated heterocycles. The Morgan fingerprint density at radius 1 is 1.00 bits per heavy atom. The van der Waals surface area contributed by atoms with Crippen LogP contribution in [0.2, 0.25) is 0 Å². The number of pyridine rings is 1. The maximum atomic E-state index is 13.2. The van der Waals surface area contributed by atoms with Crippen LogP contribution in [0.15, 0.2) is 84.0 Å². The molecule has 0 aliphatic heterocycles. The van der Waals surface area contributed by atoms with E-state index in [9.17, 15) is 8.42 Å². The summed E-state index contributed by atoms with van der Waals surface area (Å²) in [5.74, 6) is 0.618. The Balaban J connectivity index is 1.72. The molecule has 6 nitrogen and oxygen atoms in total. The van der Waals surface area contributed by atoms with Gasteiger partial charge in [-0.15, -0.1) is 0 Å². The third-order valence-electron chi connectivity index (χ3n) is 4.22. The quantitative estimate of drug-likeness (QED) is 0.535. The molecule has 0 atom stereocenters. The van der Waals surface area contributed by atoms with Crippen LogP contribution >= 0.6 is 0 Å². The van der Waals surface area contributed by atoms with E-state index in [1.54, 1.807) is 60.9 Å². The summed E-state index contributed by atoms with van der Waals surface area (Å²) >= 11 is 0. The molecule has 0 spiro atoms. The van der Waals surface area contributed by atoms with Crippen molar-refractivity contribution in [2.75, 3.05) is 22.8 Å². The Kier molecular flexibility index (Phi) is 6.72. The summed E-state index contributed by atoms with van der Waals surface area (Å²) in [4.78, 5) is 4.24. The zero-order valence-electron chi connectivity index (χ0n) is 16.5. The Bertz CT molecular complexity index is 1010. The van der Waals surface area contributed by atoms with Crippen molar-refractivity contribution >= 4 is 21.4 Å². The maximum absolute atomic E-state index is 13.2. The van der Waals surface area contributed by atoms with E-state index in [1.165, 1.54) is 4.31 Å². The molecule has 3 aromatic rings.